The molecule has 1 saturated heterocycles. The fraction of sp³-hybridized carbons (Fsp3) is 0.423. The average molecular weight is 419 g/mol. The van der Waals surface area contributed by atoms with Crippen molar-refractivity contribution in [2.75, 3.05) is 25.5 Å². The van der Waals surface area contributed by atoms with Gasteiger partial charge in [0.2, 0.25) is 0 Å². The lowest BCUT2D eigenvalue weighted by atomic mass is 9.76. The van der Waals surface area contributed by atoms with Crippen molar-refractivity contribution in [2.24, 2.45) is 11.8 Å². The molecule has 162 valence electrons. The number of likely N-dealkylation sites (tertiary alicyclic amines) is 1. The van der Waals surface area contributed by atoms with E-state index in [4.69, 9.17) is 4.74 Å². The highest BCUT2D eigenvalue weighted by molar-refractivity contribution is 5.95. The molecule has 1 fully saturated rings. The number of phenolic OH excluding ortho intramolecular Hbond substituents is 1. The second-order valence-electron chi connectivity index (χ2n) is 9.18. The van der Waals surface area contributed by atoms with Crippen LogP contribution in [-0.4, -0.2) is 36.1 Å². The molecule has 0 saturated carbocycles. The van der Waals surface area contributed by atoms with Gasteiger partial charge in [-0.15, -0.1) is 0 Å². The summed E-state index contributed by atoms with van der Waals surface area (Å²) in [5, 5.41) is 14.0. The number of ether oxygens (including phenoxy) is 1. The Hall–Kier alpha value is -2.95. The third-order valence-electron chi connectivity index (χ3n) is 7.24. The van der Waals surface area contributed by atoms with E-state index in [0.717, 1.165) is 49.2 Å². The molecule has 1 amide bonds. The van der Waals surface area contributed by atoms with Gasteiger partial charge < -0.3 is 20.1 Å². The summed E-state index contributed by atoms with van der Waals surface area (Å²) >= 11 is 0. The molecule has 2 aromatic carbocycles. The van der Waals surface area contributed by atoms with Gasteiger partial charge in [0.15, 0.2) is 11.5 Å². The molecule has 0 spiro atoms. The maximum Gasteiger partial charge on any atom is 0.253 e. The summed E-state index contributed by atoms with van der Waals surface area (Å²) in [5.74, 6) is 2.11. The first-order chi connectivity index (χ1) is 15.0. The topological polar surface area (TPSA) is 61.8 Å². The zero-order valence-electron chi connectivity index (χ0n) is 18.2. The molecule has 5 rings (SSSR count). The van der Waals surface area contributed by atoms with Crippen molar-refractivity contribution in [3.05, 3.63) is 65.2 Å². The quantitative estimate of drug-likeness (QED) is 0.681. The summed E-state index contributed by atoms with van der Waals surface area (Å²) in [6.07, 6.45) is 7.65. The standard InChI is InChI=1S/C26H30N2O3/c1-16-10-12-28(13-11-16)26(30)18-6-8-22-21(14-18)19-4-3-5-20(19)25(27-22)17-7-9-24(31-2)23(29)15-17/h3-4,6-9,14-16,19-20,25,27,29H,5,10-13H2,1-2H3. The van der Waals surface area contributed by atoms with Crippen LogP contribution >= 0.6 is 0 Å². The minimum Gasteiger partial charge on any atom is -0.504 e. The van der Waals surface area contributed by atoms with Gasteiger partial charge in [0.25, 0.3) is 5.91 Å². The molecule has 0 aromatic heterocycles. The lowest BCUT2D eigenvalue weighted by Crippen LogP contribution is -2.38. The van der Waals surface area contributed by atoms with Crippen molar-refractivity contribution in [1.29, 1.82) is 0 Å². The first kappa shape index (κ1) is 20.0. The predicted octanol–water partition coefficient (Wildman–Crippen LogP) is 5.10. The van der Waals surface area contributed by atoms with Gasteiger partial charge in [-0.3, -0.25) is 4.79 Å². The van der Waals surface area contributed by atoms with Crippen LogP contribution in [0.3, 0.4) is 0 Å². The van der Waals surface area contributed by atoms with Crippen LogP contribution in [0.2, 0.25) is 0 Å². The average Bonchev–Trinajstić information content (AvgIpc) is 3.28. The second kappa shape index (κ2) is 7.95. The number of hydrogen-bond donors (Lipinski definition) is 2. The van der Waals surface area contributed by atoms with E-state index in [1.54, 1.807) is 13.2 Å². The van der Waals surface area contributed by atoms with Crippen LogP contribution in [0.25, 0.3) is 0 Å². The van der Waals surface area contributed by atoms with Gasteiger partial charge in [-0.1, -0.05) is 25.1 Å². The summed E-state index contributed by atoms with van der Waals surface area (Å²) in [6, 6.07) is 11.8. The van der Waals surface area contributed by atoms with Crippen molar-refractivity contribution in [3.63, 3.8) is 0 Å². The van der Waals surface area contributed by atoms with Crippen molar-refractivity contribution < 1.29 is 14.6 Å². The molecule has 2 N–H and O–H groups in total. The lowest BCUT2D eigenvalue weighted by molar-refractivity contribution is 0.0697. The molecule has 31 heavy (non-hydrogen) atoms. The van der Waals surface area contributed by atoms with Crippen molar-refractivity contribution in [1.82, 2.24) is 4.90 Å². The number of amides is 1. The SMILES string of the molecule is COc1ccc(C2Nc3ccc(C(=O)N4CCC(C)CC4)cc3C3C=CCC32)cc1O. The maximum absolute atomic E-state index is 13.1. The summed E-state index contributed by atoms with van der Waals surface area (Å²) in [4.78, 5) is 15.1. The number of hydrogen-bond acceptors (Lipinski definition) is 4. The van der Waals surface area contributed by atoms with Crippen LogP contribution in [0.4, 0.5) is 5.69 Å². The molecular weight excluding hydrogens is 388 g/mol. The van der Waals surface area contributed by atoms with Crippen molar-refractivity contribution in [2.45, 2.75) is 38.1 Å². The highest BCUT2D eigenvalue weighted by Gasteiger charge is 2.38. The van der Waals surface area contributed by atoms with Gasteiger partial charge in [0.05, 0.1) is 13.2 Å². The Kier molecular flexibility index (Phi) is 5.12. The van der Waals surface area contributed by atoms with E-state index < -0.39 is 0 Å². The van der Waals surface area contributed by atoms with Gasteiger partial charge >= 0.3 is 0 Å². The number of fused-ring (bicyclic) bond motifs is 3. The normalized spacial score (nSPS) is 25.0. The Labute approximate surface area is 183 Å². The Morgan fingerprint density at radius 2 is 1.97 bits per heavy atom. The number of phenols is 1. The van der Waals surface area contributed by atoms with E-state index in [2.05, 4.69) is 30.5 Å². The minimum atomic E-state index is 0.0921. The number of piperidine rings is 1. The van der Waals surface area contributed by atoms with Crippen LogP contribution in [0, 0.1) is 11.8 Å². The number of benzene rings is 2. The Morgan fingerprint density at radius 3 is 2.71 bits per heavy atom. The highest BCUT2D eigenvalue weighted by atomic mass is 16.5. The number of rotatable bonds is 3. The smallest absolute Gasteiger partial charge is 0.253 e. The third-order valence-corrected chi connectivity index (χ3v) is 7.24. The Bertz CT molecular complexity index is 1020. The Balaban J connectivity index is 1.44. The molecule has 2 aliphatic heterocycles. The van der Waals surface area contributed by atoms with Gasteiger partial charge in [-0.2, -0.15) is 0 Å². The van der Waals surface area contributed by atoms with E-state index in [1.165, 1.54) is 5.56 Å². The van der Waals surface area contributed by atoms with Crippen molar-refractivity contribution >= 4 is 11.6 Å². The van der Waals surface area contributed by atoms with Gasteiger partial charge in [0.1, 0.15) is 0 Å². The summed E-state index contributed by atoms with van der Waals surface area (Å²) < 4.78 is 5.20. The number of nitrogens with one attached hydrogen (secondary N) is 1. The summed E-state index contributed by atoms with van der Waals surface area (Å²) in [7, 11) is 1.56. The number of aromatic hydroxyl groups is 1. The van der Waals surface area contributed by atoms with Gasteiger partial charge in [0, 0.05) is 30.3 Å². The zero-order valence-corrected chi connectivity index (χ0v) is 18.2. The van der Waals surface area contributed by atoms with E-state index in [0.29, 0.717) is 17.6 Å². The first-order valence-electron chi connectivity index (χ1n) is 11.3. The largest absolute Gasteiger partial charge is 0.504 e. The summed E-state index contributed by atoms with van der Waals surface area (Å²) in [5.41, 5.74) is 4.10. The van der Waals surface area contributed by atoms with Crippen LogP contribution in [0.15, 0.2) is 48.6 Å². The van der Waals surface area contributed by atoms with E-state index in [9.17, 15) is 9.90 Å². The van der Waals surface area contributed by atoms with Gasteiger partial charge in [-0.25, -0.2) is 0 Å². The molecule has 1 aliphatic carbocycles. The number of methoxy groups -OCH3 is 1. The molecule has 3 unspecified atom stereocenters. The minimum absolute atomic E-state index is 0.0921. The molecule has 0 bridgehead atoms. The van der Waals surface area contributed by atoms with Gasteiger partial charge in [-0.05, 0) is 72.6 Å². The first-order valence-corrected chi connectivity index (χ1v) is 11.3. The maximum atomic E-state index is 13.1. The number of anilines is 1. The second-order valence-corrected chi connectivity index (χ2v) is 9.18. The summed E-state index contributed by atoms with van der Waals surface area (Å²) in [6.45, 7) is 3.96. The van der Waals surface area contributed by atoms with E-state index >= 15 is 0 Å². The van der Waals surface area contributed by atoms with Crippen molar-refractivity contribution in [3.8, 4) is 11.5 Å². The third kappa shape index (κ3) is 3.56. The molecule has 2 aromatic rings. The fourth-order valence-corrected chi connectivity index (χ4v) is 5.35. The molecule has 3 atom stereocenters. The number of carbonyl (C=O) groups is 1. The highest BCUT2D eigenvalue weighted by Crippen LogP contribution is 2.50. The molecular formula is C26H30N2O3. The van der Waals surface area contributed by atoms with Crippen LogP contribution in [-0.2, 0) is 0 Å². The molecule has 0 radical (unpaired) electrons. The Morgan fingerprint density at radius 1 is 1.16 bits per heavy atom. The lowest BCUT2D eigenvalue weighted by Gasteiger charge is -2.38. The predicted molar refractivity (Wildman–Crippen MR) is 122 cm³/mol. The van der Waals surface area contributed by atoms with Crippen LogP contribution in [0.1, 0.15) is 59.6 Å². The van der Waals surface area contributed by atoms with Crippen LogP contribution in [0.5, 0.6) is 11.5 Å². The number of carbonyl (C=O) groups excluding carboxylic acids is 1. The molecule has 5 nitrogen and oxygen atoms in total. The molecule has 2 heterocycles. The number of nitrogens with zero attached hydrogens (tertiary/aromatic N) is 1. The number of allylic oxidation sites excluding steroid dienone is 2. The molecule has 5 heteroatoms. The van der Waals surface area contributed by atoms with E-state index in [1.807, 2.05) is 29.2 Å². The monoisotopic (exact) mass is 418 g/mol. The molecule has 3 aliphatic rings. The zero-order chi connectivity index (χ0) is 21.5. The van der Waals surface area contributed by atoms with E-state index in [-0.39, 0.29) is 23.6 Å². The fourth-order valence-electron chi connectivity index (χ4n) is 5.35. The van der Waals surface area contributed by atoms with Crippen LogP contribution < -0.4 is 10.1 Å².